The lowest BCUT2D eigenvalue weighted by molar-refractivity contribution is 0.0664. The number of benzene rings is 2. The van der Waals surface area contributed by atoms with Gasteiger partial charge in [-0.2, -0.15) is 0 Å². The first-order valence-electron chi connectivity index (χ1n) is 8.49. The number of carbonyl (C=O) groups is 1. The van der Waals surface area contributed by atoms with Crippen LogP contribution in [0.3, 0.4) is 0 Å². The molecular formula is C20H21N3O2. The van der Waals surface area contributed by atoms with Crippen molar-refractivity contribution >= 4 is 17.1 Å². The third-order valence-corrected chi connectivity index (χ3v) is 4.84. The Morgan fingerprint density at radius 3 is 2.76 bits per heavy atom. The number of nitrogens with zero attached hydrogens (tertiary/aromatic N) is 3. The summed E-state index contributed by atoms with van der Waals surface area (Å²) in [5.41, 5.74) is 5.65. The molecule has 4 rings (SSSR count). The minimum atomic E-state index is -0.240. The Balaban J connectivity index is 1.37. The van der Waals surface area contributed by atoms with Gasteiger partial charge >= 0.3 is 6.09 Å². The highest BCUT2D eigenvalue weighted by atomic mass is 16.6. The molecule has 1 saturated heterocycles. The standard InChI is InChI=1S/C20H21N3O2/c1-14-8-16(9-18-19(14)22(2)13-21-18)17-10-23(11-17)20(24)25-12-15-6-4-3-5-7-15/h3-9,13,17H,10-12H2,1-2H3. The Bertz CT molecular complexity index is 911. The minimum Gasteiger partial charge on any atom is -0.445 e. The largest absolute Gasteiger partial charge is 0.445 e. The van der Waals surface area contributed by atoms with Crippen molar-refractivity contribution < 1.29 is 9.53 Å². The van der Waals surface area contributed by atoms with Crippen LogP contribution in [0, 0.1) is 6.92 Å². The minimum absolute atomic E-state index is 0.240. The Hall–Kier alpha value is -2.82. The fraction of sp³-hybridized carbons (Fsp3) is 0.300. The number of fused-ring (bicyclic) bond motifs is 1. The van der Waals surface area contributed by atoms with Crippen LogP contribution >= 0.6 is 0 Å². The van der Waals surface area contributed by atoms with Crippen molar-refractivity contribution in [3.8, 4) is 0 Å². The molecular weight excluding hydrogens is 314 g/mol. The normalized spacial score (nSPS) is 14.6. The molecule has 2 heterocycles. The van der Waals surface area contributed by atoms with Crippen molar-refractivity contribution in [1.29, 1.82) is 0 Å². The number of carbonyl (C=O) groups excluding carboxylic acids is 1. The summed E-state index contributed by atoms with van der Waals surface area (Å²) in [4.78, 5) is 18.4. The Kier molecular flexibility index (Phi) is 3.92. The van der Waals surface area contributed by atoms with Crippen molar-refractivity contribution in [3.05, 3.63) is 65.5 Å². The molecule has 0 bridgehead atoms. The lowest BCUT2D eigenvalue weighted by atomic mass is 9.90. The molecule has 25 heavy (non-hydrogen) atoms. The molecule has 5 nitrogen and oxygen atoms in total. The van der Waals surface area contributed by atoms with Crippen LogP contribution in [0.1, 0.15) is 22.6 Å². The molecule has 1 aliphatic rings. The van der Waals surface area contributed by atoms with Crippen molar-refractivity contribution in [3.63, 3.8) is 0 Å². The first kappa shape index (κ1) is 15.7. The summed E-state index contributed by atoms with van der Waals surface area (Å²) in [6.07, 6.45) is 1.60. The number of amides is 1. The summed E-state index contributed by atoms with van der Waals surface area (Å²) in [7, 11) is 2.01. The molecule has 128 valence electrons. The van der Waals surface area contributed by atoms with Gasteiger partial charge in [0, 0.05) is 26.1 Å². The summed E-state index contributed by atoms with van der Waals surface area (Å²) < 4.78 is 7.43. The van der Waals surface area contributed by atoms with Crippen LogP contribution in [-0.4, -0.2) is 33.6 Å². The maximum atomic E-state index is 12.1. The second-order valence-corrected chi connectivity index (χ2v) is 6.70. The van der Waals surface area contributed by atoms with E-state index in [-0.39, 0.29) is 6.09 Å². The Morgan fingerprint density at radius 2 is 2.00 bits per heavy atom. The van der Waals surface area contributed by atoms with E-state index in [1.165, 1.54) is 16.6 Å². The average molecular weight is 335 g/mol. The van der Waals surface area contributed by atoms with Crippen LogP contribution in [-0.2, 0) is 18.4 Å². The van der Waals surface area contributed by atoms with Crippen LogP contribution < -0.4 is 0 Å². The number of imidazole rings is 1. The van der Waals surface area contributed by atoms with E-state index in [1.807, 2.05) is 48.3 Å². The van der Waals surface area contributed by atoms with Gasteiger partial charge in [-0.3, -0.25) is 0 Å². The SMILES string of the molecule is Cc1cc(C2CN(C(=O)OCc3ccccc3)C2)cc2ncn(C)c12. The second-order valence-electron chi connectivity index (χ2n) is 6.70. The Morgan fingerprint density at radius 1 is 1.24 bits per heavy atom. The molecule has 0 unspecified atom stereocenters. The second kappa shape index (κ2) is 6.24. The first-order chi connectivity index (χ1) is 12.1. The topological polar surface area (TPSA) is 47.4 Å². The first-order valence-corrected chi connectivity index (χ1v) is 8.49. The lowest BCUT2D eigenvalue weighted by Crippen LogP contribution is -2.48. The molecule has 0 radical (unpaired) electrons. The molecule has 0 spiro atoms. The summed E-state index contributed by atoms with van der Waals surface area (Å²) in [6, 6.07) is 14.1. The number of rotatable bonds is 3. The predicted octanol–water partition coefficient (Wildman–Crippen LogP) is 3.62. The zero-order valence-corrected chi connectivity index (χ0v) is 14.5. The van der Waals surface area contributed by atoms with Crippen molar-refractivity contribution in [2.45, 2.75) is 19.4 Å². The third kappa shape index (κ3) is 2.97. The zero-order chi connectivity index (χ0) is 17.4. The van der Waals surface area contributed by atoms with Crippen LogP contribution in [0.2, 0.25) is 0 Å². The quantitative estimate of drug-likeness (QED) is 0.734. The number of hydrogen-bond acceptors (Lipinski definition) is 3. The van der Waals surface area contributed by atoms with E-state index in [1.54, 1.807) is 4.90 Å². The van der Waals surface area contributed by atoms with E-state index in [9.17, 15) is 4.79 Å². The van der Waals surface area contributed by atoms with Gasteiger partial charge < -0.3 is 14.2 Å². The van der Waals surface area contributed by atoms with E-state index in [4.69, 9.17) is 4.74 Å². The predicted molar refractivity (Wildman–Crippen MR) is 96.4 cm³/mol. The fourth-order valence-electron chi connectivity index (χ4n) is 3.44. The van der Waals surface area contributed by atoms with E-state index in [0.717, 1.165) is 11.1 Å². The van der Waals surface area contributed by atoms with Gasteiger partial charge in [0.1, 0.15) is 6.61 Å². The molecule has 5 heteroatoms. The van der Waals surface area contributed by atoms with Crippen LogP contribution in [0.4, 0.5) is 4.79 Å². The fourth-order valence-corrected chi connectivity index (χ4v) is 3.44. The van der Waals surface area contributed by atoms with Crippen LogP contribution in [0.5, 0.6) is 0 Å². The molecule has 1 fully saturated rings. The molecule has 0 aliphatic carbocycles. The van der Waals surface area contributed by atoms with Crippen LogP contribution in [0.25, 0.3) is 11.0 Å². The number of aromatic nitrogens is 2. The van der Waals surface area contributed by atoms with Gasteiger partial charge in [-0.1, -0.05) is 36.4 Å². The summed E-state index contributed by atoms with van der Waals surface area (Å²) in [6.45, 7) is 3.83. The highest BCUT2D eigenvalue weighted by molar-refractivity contribution is 5.80. The molecule has 2 aromatic carbocycles. The number of ether oxygens (including phenoxy) is 1. The smallest absolute Gasteiger partial charge is 0.410 e. The average Bonchev–Trinajstić information content (AvgIpc) is 2.94. The summed E-state index contributed by atoms with van der Waals surface area (Å²) in [5.74, 6) is 0.356. The highest BCUT2D eigenvalue weighted by Crippen LogP contribution is 2.31. The summed E-state index contributed by atoms with van der Waals surface area (Å²) in [5, 5.41) is 0. The Labute approximate surface area is 146 Å². The van der Waals surface area contributed by atoms with E-state index >= 15 is 0 Å². The summed E-state index contributed by atoms with van der Waals surface area (Å²) >= 11 is 0. The molecule has 3 aromatic rings. The number of aryl methyl sites for hydroxylation is 2. The van der Waals surface area contributed by atoms with Gasteiger partial charge in [-0.25, -0.2) is 9.78 Å². The molecule has 1 aromatic heterocycles. The molecule has 1 aliphatic heterocycles. The molecule has 0 saturated carbocycles. The van der Waals surface area contributed by atoms with Crippen molar-refractivity contribution in [1.82, 2.24) is 14.5 Å². The maximum Gasteiger partial charge on any atom is 0.410 e. The highest BCUT2D eigenvalue weighted by Gasteiger charge is 2.33. The van der Waals surface area contributed by atoms with Gasteiger partial charge in [-0.05, 0) is 29.7 Å². The molecule has 0 N–H and O–H groups in total. The van der Waals surface area contributed by atoms with Gasteiger partial charge in [0.25, 0.3) is 0 Å². The van der Waals surface area contributed by atoms with Gasteiger partial charge in [0.2, 0.25) is 0 Å². The van der Waals surface area contributed by atoms with Gasteiger partial charge in [0.05, 0.1) is 17.4 Å². The number of likely N-dealkylation sites (tertiary alicyclic amines) is 1. The van der Waals surface area contributed by atoms with Gasteiger partial charge in [-0.15, -0.1) is 0 Å². The molecule has 1 amide bonds. The van der Waals surface area contributed by atoms with E-state index in [2.05, 4.69) is 24.0 Å². The van der Waals surface area contributed by atoms with Crippen molar-refractivity contribution in [2.75, 3.05) is 13.1 Å². The zero-order valence-electron chi connectivity index (χ0n) is 14.5. The number of hydrogen-bond donors (Lipinski definition) is 0. The lowest BCUT2D eigenvalue weighted by Gasteiger charge is -2.38. The van der Waals surface area contributed by atoms with E-state index in [0.29, 0.717) is 25.6 Å². The van der Waals surface area contributed by atoms with Crippen molar-refractivity contribution in [2.24, 2.45) is 7.05 Å². The van der Waals surface area contributed by atoms with E-state index < -0.39 is 0 Å². The maximum absolute atomic E-state index is 12.1. The monoisotopic (exact) mass is 335 g/mol. The molecule has 0 atom stereocenters. The third-order valence-electron chi connectivity index (χ3n) is 4.84. The van der Waals surface area contributed by atoms with Crippen LogP contribution in [0.15, 0.2) is 48.8 Å². The van der Waals surface area contributed by atoms with Gasteiger partial charge in [0.15, 0.2) is 0 Å².